The number of ether oxygens (including phenoxy) is 1. The Hall–Kier alpha value is -3.49. The summed E-state index contributed by atoms with van der Waals surface area (Å²) in [7, 11) is 1.68. The molecule has 5 heterocycles. The number of nitriles is 1. The molecule has 37 heavy (non-hydrogen) atoms. The third-order valence-electron chi connectivity index (χ3n) is 7.73. The molecule has 2 N–H and O–H groups in total. The van der Waals surface area contributed by atoms with Crippen molar-refractivity contribution in [2.24, 2.45) is 0 Å². The summed E-state index contributed by atoms with van der Waals surface area (Å²) >= 11 is 0. The van der Waals surface area contributed by atoms with Gasteiger partial charge in [0.2, 0.25) is 5.95 Å². The molecule has 3 aromatic heterocycles. The minimum absolute atomic E-state index is 0.226. The Morgan fingerprint density at radius 3 is 2.73 bits per heavy atom. The van der Waals surface area contributed by atoms with Crippen molar-refractivity contribution in [1.82, 2.24) is 24.7 Å². The number of methoxy groups -OCH3 is 1. The lowest BCUT2D eigenvalue weighted by Crippen LogP contribution is -2.46. The maximum atomic E-state index is 10.0. The lowest BCUT2D eigenvalue weighted by Gasteiger charge is -2.39. The standard InChI is InChI=1S/C26H35N9O2/c1-4-18(2)35-21-15-23(29-16-20(21)24(32-35)34-12-6-19(36)17-34)30-22-5-11-28-25(31-22)33-13-8-26(37-3,7-10-27)9-14-33/h5,11,15-16,18-19,36H,4,6-9,12-14,17H2,1-3H3,(H,28,29,30,31). The van der Waals surface area contributed by atoms with E-state index in [2.05, 4.69) is 49.7 Å². The summed E-state index contributed by atoms with van der Waals surface area (Å²) in [5.41, 5.74) is 0.618. The van der Waals surface area contributed by atoms with Crippen LogP contribution in [0.15, 0.2) is 24.5 Å². The second kappa shape index (κ2) is 10.5. The van der Waals surface area contributed by atoms with Crippen LogP contribution in [0, 0.1) is 11.3 Å². The zero-order chi connectivity index (χ0) is 26.0. The minimum Gasteiger partial charge on any atom is -0.391 e. The molecular weight excluding hydrogens is 470 g/mol. The van der Waals surface area contributed by atoms with Crippen molar-refractivity contribution < 1.29 is 9.84 Å². The number of fused-ring (bicyclic) bond motifs is 1. The van der Waals surface area contributed by atoms with Crippen molar-refractivity contribution in [1.29, 1.82) is 5.26 Å². The largest absolute Gasteiger partial charge is 0.391 e. The van der Waals surface area contributed by atoms with E-state index in [1.807, 2.05) is 18.3 Å². The molecule has 0 radical (unpaired) electrons. The average Bonchev–Trinajstić information content (AvgIpc) is 3.52. The number of nitrogens with zero attached hydrogens (tertiary/aromatic N) is 8. The maximum Gasteiger partial charge on any atom is 0.227 e. The van der Waals surface area contributed by atoms with Crippen LogP contribution >= 0.6 is 0 Å². The Morgan fingerprint density at radius 1 is 1.24 bits per heavy atom. The van der Waals surface area contributed by atoms with Crippen LogP contribution in [0.4, 0.5) is 23.4 Å². The number of pyridine rings is 1. The van der Waals surface area contributed by atoms with E-state index in [1.165, 1.54) is 0 Å². The van der Waals surface area contributed by atoms with Crippen molar-refractivity contribution in [2.45, 2.75) is 63.7 Å². The molecule has 0 aromatic carbocycles. The number of anilines is 4. The lowest BCUT2D eigenvalue weighted by molar-refractivity contribution is -0.0256. The summed E-state index contributed by atoms with van der Waals surface area (Å²) in [5.74, 6) is 2.87. The van der Waals surface area contributed by atoms with Gasteiger partial charge in [0.25, 0.3) is 0 Å². The molecule has 2 aliphatic heterocycles. The minimum atomic E-state index is -0.384. The SMILES string of the molecule is CCC(C)n1nc(N2CCC(O)C2)c2cnc(Nc3ccnc(N4CCC(CC#N)(OC)CC4)n3)cc21. The van der Waals surface area contributed by atoms with E-state index >= 15 is 0 Å². The molecule has 5 rings (SSSR count). The molecule has 0 saturated carbocycles. The molecule has 2 atom stereocenters. The third-order valence-corrected chi connectivity index (χ3v) is 7.73. The van der Waals surface area contributed by atoms with Crippen LogP contribution in [-0.4, -0.2) is 74.8 Å². The van der Waals surface area contributed by atoms with Gasteiger partial charge in [-0.1, -0.05) is 6.92 Å². The molecule has 2 saturated heterocycles. The molecule has 0 aliphatic carbocycles. The normalized spacial score (nSPS) is 20.2. The zero-order valence-electron chi connectivity index (χ0n) is 21.8. The number of aromatic nitrogens is 5. The fourth-order valence-corrected chi connectivity index (χ4v) is 5.17. The van der Waals surface area contributed by atoms with E-state index in [4.69, 9.17) is 20.1 Å². The topological polar surface area (TPSA) is 128 Å². The van der Waals surface area contributed by atoms with Gasteiger partial charge in [-0.2, -0.15) is 15.3 Å². The van der Waals surface area contributed by atoms with Crippen molar-refractivity contribution in [2.75, 3.05) is 48.4 Å². The monoisotopic (exact) mass is 505 g/mol. The summed E-state index contributed by atoms with van der Waals surface area (Å²) in [6.07, 6.45) is 6.89. The van der Waals surface area contributed by atoms with Gasteiger partial charge in [0.05, 0.1) is 35.1 Å². The van der Waals surface area contributed by atoms with Crippen LogP contribution in [0.5, 0.6) is 0 Å². The van der Waals surface area contributed by atoms with Crippen LogP contribution < -0.4 is 15.1 Å². The van der Waals surface area contributed by atoms with Crippen molar-refractivity contribution in [3.8, 4) is 6.07 Å². The summed E-state index contributed by atoms with van der Waals surface area (Å²) in [5, 5.41) is 28.5. The summed E-state index contributed by atoms with van der Waals surface area (Å²) in [6, 6.07) is 6.33. The van der Waals surface area contributed by atoms with Crippen LogP contribution in [0.25, 0.3) is 10.9 Å². The number of rotatable bonds is 8. The number of hydrogen-bond donors (Lipinski definition) is 2. The maximum absolute atomic E-state index is 10.0. The van der Waals surface area contributed by atoms with Crippen molar-refractivity contribution in [3.63, 3.8) is 0 Å². The van der Waals surface area contributed by atoms with E-state index in [0.29, 0.717) is 30.5 Å². The number of piperidine rings is 1. The predicted molar refractivity (Wildman–Crippen MR) is 142 cm³/mol. The fraction of sp³-hybridized carbons (Fsp3) is 0.577. The molecule has 2 aliphatic rings. The number of aliphatic hydroxyl groups excluding tert-OH is 1. The first-order chi connectivity index (χ1) is 17.9. The Bertz CT molecular complexity index is 1280. The van der Waals surface area contributed by atoms with E-state index in [9.17, 15) is 5.11 Å². The summed E-state index contributed by atoms with van der Waals surface area (Å²) in [4.78, 5) is 18.2. The van der Waals surface area contributed by atoms with Crippen LogP contribution in [0.3, 0.4) is 0 Å². The first-order valence-corrected chi connectivity index (χ1v) is 13.0. The van der Waals surface area contributed by atoms with Crippen molar-refractivity contribution >= 4 is 34.3 Å². The Morgan fingerprint density at radius 2 is 2.05 bits per heavy atom. The summed E-state index contributed by atoms with van der Waals surface area (Å²) in [6.45, 7) is 7.14. The average molecular weight is 506 g/mol. The van der Waals surface area contributed by atoms with E-state index in [-0.39, 0.29) is 17.7 Å². The van der Waals surface area contributed by atoms with Gasteiger partial charge < -0.3 is 25.0 Å². The number of hydrogen-bond acceptors (Lipinski definition) is 10. The summed E-state index contributed by atoms with van der Waals surface area (Å²) < 4.78 is 7.74. The van der Waals surface area contributed by atoms with E-state index in [1.54, 1.807) is 13.3 Å². The third kappa shape index (κ3) is 5.04. The van der Waals surface area contributed by atoms with Crippen LogP contribution in [0.1, 0.15) is 52.0 Å². The fourth-order valence-electron chi connectivity index (χ4n) is 5.17. The van der Waals surface area contributed by atoms with E-state index in [0.717, 1.165) is 62.0 Å². The quantitative estimate of drug-likeness (QED) is 0.470. The van der Waals surface area contributed by atoms with Gasteiger partial charge in [0.1, 0.15) is 11.6 Å². The molecule has 11 nitrogen and oxygen atoms in total. The zero-order valence-corrected chi connectivity index (χ0v) is 21.8. The van der Waals surface area contributed by atoms with Gasteiger partial charge in [-0.3, -0.25) is 4.68 Å². The highest BCUT2D eigenvalue weighted by Crippen LogP contribution is 2.33. The highest BCUT2D eigenvalue weighted by Gasteiger charge is 2.35. The Kier molecular flexibility index (Phi) is 7.13. The number of β-amino-alcohol motifs (C(OH)–C–C–N with tert-alkyl or cyclic N) is 1. The Balaban J connectivity index is 1.37. The van der Waals surface area contributed by atoms with Crippen molar-refractivity contribution in [3.05, 3.63) is 24.5 Å². The van der Waals surface area contributed by atoms with Gasteiger partial charge in [0, 0.05) is 57.8 Å². The first-order valence-electron chi connectivity index (χ1n) is 13.0. The second-order valence-corrected chi connectivity index (χ2v) is 10.1. The predicted octanol–water partition coefficient (Wildman–Crippen LogP) is 3.41. The Labute approximate surface area is 217 Å². The van der Waals surface area contributed by atoms with Crippen LogP contribution in [0.2, 0.25) is 0 Å². The molecule has 0 spiro atoms. The van der Waals surface area contributed by atoms with E-state index < -0.39 is 0 Å². The molecule has 3 aromatic rings. The highest BCUT2D eigenvalue weighted by molar-refractivity contribution is 5.92. The van der Waals surface area contributed by atoms with Gasteiger partial charge in [-0.15, -0.1) is 0 Å². The van der Waals surface area contributed by atoms with Gasteiger partial charge >= 0.3 is 0 Å². The molecule has 11 heteroatoms. The molecule has 2 fully saturated rings. The van der Waals surface area contributed by atoms with Gasteiger partial charge in [-0.25, -0.2) is 9.97 Å². The number of aliphatic hydroxyl groups is 1. The highest BCUT2D eigenvalue weighted by atomic mass is 16.5. The van der Waals surface area contributed by atoms with Gasteiger partial charge in [0.15, 0.2) is 5.82 Å². The molecular formula is C26H35N9O2. The second-order valence-electron chi connectivity index (χ2n) is 10.1. The lowest BCUT2D eigenvalue weighted by atomic mass is 9.88. The molecule has 0 bridgehead atoms. The smallest absolute Gasteiger partial charge is 0.227 e. The molecule has 2 unspecified atom stereocenters. The number of nitrogens with one attached hydrogen (secondary N) is 1. The van der Waals surface area contributed by atoms with Crippen LogP contribution in [-0.2, 0) is 4.74 Å². The molecule has 0 amide bonds. The van der Waals surface area contributed by atoms with Gasteiger partial charge in [-0.05, 0) is 38.7 Å². The molecule has 196 valence electrons. The first kappa shape index (κ1) is 25.2.